The molecule has 88 valence electrons. The second-order valence-corrected chi connectivity index (χ2v) is 5.64. The summed E-state index contributed by atoms with van der Waals surface area (Å²) >= 11 is 1.57. The molecule has 1 aromatic rings. The van der Waals surface area contributed by atoms with Crippen molar-refractivity contribution in [3.05, 3.63) is 29.3 Å². The number of nitrogens with two attached hydrogens (primary N) is 1. The van der Waals surface area contributed by atoms with E-state index in [1.165, 1.54) is 11.1 Å². The maximum Gasteiger partial charge on any atom is 0.231 e. The number of rotatable bonds is 4. The lowest BCUT2D eigenvalue weighted by molar-refractivity contribution is -0.118. The molecule has 0 aliphatic carbocycles. The highest BCUT2D eigenvalue weighted by molar-refractivity contribution is 8.00. The van der Waals surface area contributed by atoms with Crippen LogP contribution in [-0.4, -0.2) is 11.2 Å². The van der Waals surface area contributed by atoms with E-state index in [1.807, 2.05) is 13.8 Å². The Bertz CT molecular complexity index is 388. The van der Waals surface area contributed by atoms with E-state index >= 15 is 0 Å². The van der Waals surface area contributed by atoms with Crippen molar-refractivity contribution in [2.75, 3.05) is 0 Å². The van der Waals surface area contributed by atoms with E-state index in [9.17, 15) is 4.79 Å². The number of hydrogen-bond acceptors (Lipinski definition) is 2. The molecule has 0 aromatic heterocycles. The van der Waals surface area contributed by atoms with E-state index in [1.54, 1.807) is 11.8 Å². The van der Waals surface area contributed by atoms with E-state index < -0.39 is 0 Å². The van der Waals surface area contributed by atoms with Gasteiger partial charge in [-0.3, -0.25) is 4.79 Å². The molecular formula is C13H19NOS. The zero-order valence-electron chi connectivity index (χ0n) is 10.3. The first-order valence-electron chi connectivity index (χ1n) is 5.45. The lowest BCUT2D eigenvalue weighted by Gasteiger charge is -2.18. The Morgan fingerprint density at radius 3 is 2.44 bits per heavy atom. The van der Waals surface area contributed by atoms with Gasteiger partial charge in [-0.05, 0) is 31.4 Å². The van der Waals surface area contributed by atoms with Gasteiger partial charge in [0, 0.05) is 4.90 Å². The van der Waals surface area contributed by atoms with Crippen LogP contribution < -0.4 is 5.73 Å². The first-order chi connectivity index (χ1) is 7.41. The standard InChI is InChI=1S/C13H19NOS/c1-8(2)12(13(14)15)16-11-7-9(3)5-6-10(11)4/h5-8,12H,1-4H3,(H2,14,15). The number of aryl methyl sites for hydroxylation is 2. The number of carbonyl (C=O) groups excluding carboxylic acids is 1. The van der Waals surface area contributed by atoms with Crippen LogP contribution in [0.2, 0.25) is 0 Å². The van der Waals surface area contributed by atoms with Crippen molar-refractivity contribution in [1.82, 2.24) is 0 Å². The van der Waals surface area contributed by atoms with Gasteiger partial charge >= 0.3 is 0 Å². The Balaban J connectivity index is 2.93. The van der Waals surface area contributed by atoms with Gasteiger partial charge in [0.1, 0.15) is 0 Å². The molecule has 1 aromatic carbocycles. The largest absolute Gasteiger partial charge is 0.369 e. The fourth-order valence-electron chi connectivity index (χ4n) is 1.49. The molecule has 0 saturated carbocycles. The van der Waals surface area contributed by atoms with Crippen molar-refractivity contribution in [1.29, 1.82) is 0 Å². The van der Waals surface area contributed by atoms with Gasteiger partial charge in [-0.2, -0.15) is 0 Å². The Hall–Kier alpha value is -0.960. The van der Waals surface area contributed by atoms with E-state index in [2.05, 4.69) is 32.0 Å². The minimum atomic E-state index is -0.235. The summed E-state index contributed by atoms with van der Waals surface area (Å²) in [4.78, 5) is 12.5. The molecule has 0 bridgehead atoms. The van der Waals surface area contributed by atoms with Crippen LogP contribution in [0.4, 0.5) is 0 Å². The van der Waals surface area contributed by atoms with Gasteiger partial charge < -0.3 is 5.73 Å². The predicted molar refractivity (Wildman–Crippen MR) is 69.6 cm³/mol. The monoisotopic (exact) mass is 237 g/mol. The van der Waals surface area contributed by atoms with E-state index in [-0.39, 0.29) is 17.1 Å². The number of amides is 1. The van der Waals surface area contributed by atoms with Gasteiger partial charge in [0.15, 0.2) is 0 Å². The minimum absolute atomic E-state index is 0.152. The van der Waals surface area contributed by atoms with Crippen molar-refractivity contribution in [3.63, 3.8) is 0 Å². The van der Waals surface area contributed by atoms with Crippen LogP contribution in [0.15, 0.2) is 23.1 Å². The topological polar surface area (TPSA) is 43.1 Å². The smallest absolute Gasteiger partial charge is 0.231 e. The average Bonchev–Trinajstić information content (AvgIpc) is 2.18. The average molecular weight is 237 g/mol. The molecule has 0 aliphatic rings. The van der Waals surface area contributed by atoms with Crippen LogP contribution in [0.5, 0.6) is 0 Å². The van der Waals surface area contributed by atoms with E-state index in [4.69, 9.17) is 5.73 Å². The number of hydrogen-bond donors (Lipinski definition) is 1. The summed E-state index contributed by atoms with van der Waals surface area (Å²) in [6.45, 7) is 8.15. The van der Waals surface area contributed by atoms with Crippen LogP contribution in [0.1, 0.15) is 25.0 Å². The molecule has 1 amide bonds. The number of primary amides is 1. The van der Waals surface area contributed by atoms with Crippen molar-refractivity contribution in [2.45, 2.75) is 37.8 Å². The van der Waals surface area contributed by atoms with E-state index in [0.29, 0.717) is 0 Å². The zero-order valence-corrected chi connectivity index (χ0v) is 11.1. The maximum atomic E-state index is 11.3. The third-order valence-electron chi connectivity index (χ3n) is 2.48. The highest BCUT2D eigenvalue weighted by Gasteiger charge is 2.21. The fourth-order valence-corrected chi connectivity index (χ4v) is 2.66. The molecule has 3 heteroatoms. The van der Waals surface area contributed by atoms with Crippen molar-refractivity contribution < 1.29 is 4.79 Å². The van der Waals surface area contributed by atoms with Gasteiger partial charge in [-0.1, -0.05) is 31.5 Å². The van der Waals surface area contributed by atoms with Crippen molar-refractivity contribution in [2.24, 2.45) is 11.7 Å². The fraction of sp³-hybridized carbons (Fsp3) is 0.462. The molecule has 1 rings (SSSR count). The molecule has 0 spiro atoms. The molecule has 0 radical (unpaired) electrons. The summed E-state index contributed by atoms with van der Waals surface area (Å²) in [6, 6.07) is 6.27. The van der Waals surface area contributed by atoms with E-state index in [0.717, 1.165) is 4.90 Å². The summed E-state index contributed by atoms with van der Waals surface area (Å²) in [5.41, 5.74) is 7.82. The van der Waals surface area contributed by atoms with Crippen LogP contribution in [0.25, 0.3) is 0 Å². The highest BCUT2D eigenvalue weighted by atomic mass is 32.2. The quantitative estimate of drug-likeness (QED) is 0.818. The highest BCUT2D eigenvalue weighted by Crippen LogP contribution is 2.31. The predicted octanol–water partition coefficient (Wildman–Crippen LogP) is 2.91. The molecular weight excluding hydrogens is 218 g/mol. The third-order valence-corrected chi connectivity index (χ3v) is 4.21. The van der Waals surface area contributed by atoms with Crippen LogP contribution >= 0.6 is 11.8 Å². The molecule has 0 saturated heterocycles. The van der Waals surface area contributed by atoms with Gasteiger partial charge in [0.25, 0.3) is 0 Å². The molecule has 2 N–H and O–H groups in total. The molecule has 0 heterocycles. The number of benzene rings is 1. The molecule has 2 nitrogen and oxygen atoms in total. The Kier molecular flexibility index (Phi) is 4.42. The first-order valence-corrected chi connectivity index (χ1v) is 6.33. The lowest BCUT2D eigenvalue weighted by Crippen LogP contribution is -2.30. The summed E-state index contributed by atoms with van der Waals surface area (Å²) in [7, 11) is 0. The first kappa shape index (κ1) is 13.1. The molecule has 1 atom stereocenters. The molecule has 0 fully saturated rings. The van der Waals surface area contributed by atoms with Crippen molar-refractivity contribution in [3.8, 4) is 0 Å². The van der Waals surface area contributed by atoms with Crippen molar-refractivity contribution >= 4 is 17.7 Å². The van der Waals surface area contributed by atoms with Gasteiger partial charge in [0.05, 0.1) is 5.25 Å². The third kappa shape index (κ3) is 3.27. The second-order valence-electron chi connectivity index (χ2n) is 4.45. The van der Waals surface area contributed by atoms with Gasteiger partial charge in [-0.15, -0.1) is 11.8 Å². The Morgan fingerprint density at radius 1 is 1.31 bits per heavy atom. The summed E-state index contributed by atoms with van der Waals surface area (Å²) in [6.07, 6.45) is 0. The molecule has 0 aliphatic heterocycles. The zero-order chi connectivity index (χ0) is 12.3. The maximum absolute atomic E-state index is 11.3. The molecule has 16 heavy (non-hydrogen) atoms. The van der Waals surface area contributed by atoms with Crippen LogP contribution in [0, 0.1) is 19.8 Å². The van der Waals surface area contributed by atoms with Gasteiger partial charge in [0.2, 0.25) is 5.91 Å². The summed E-state index contributed by atoms with van der Waals surface area (Å²) in [5.74, 6) is 0.0170. The Morgan fingerprint density at radius 2 is 1.94 bits per heavy atom. The number of thioether (sulfide) groups is 1. The lowest BCUT2D eigenvalue weighted by atomic mass is 10.1. The second kappa shape index (κ2) is 5.39. The van der Waals surface area contributed by atoms with Crippen LogP contribution in [0.3, 0.4) is 0 Å². The SMILES string of the molecule is Cc1ccc(C)c(SC(C(N)=O)C(C)C)c1. The normalized spacial score (nSPS) is 12.8. The summed E-state index contributed by atoms with van der Waals surface area (Å²) in [5, 5.41) is -0.152. The summed E-state index contributed by atoms with van der Waals surface area (Å²) < 4.78 is 0. The Labute approximate surface area is 102 Å². The van der Waals surface area contributed by atoms with Crippen LogP contribution in [-0.2, 0) is 4.79 Å². The minimum Gasteiger partial charge on any atom is -0.369 e. The number of carbonyl (C=O) groups is 1. The molecule has 1 unspecified atom stereocenters. The van der Waals surface area contributed by atoms with Gasteiger partial charge in [-0.25, -0.2) is 0 Å².